The lowest BCUT2D eigenvalue weighted by atomic mass is 10.1. The van der Waals surface area contributed by atoms with E-state index < -0.39 is 36.8 Å². The molecule has 8 nitrogen and oxygen atoms in total. The number of hydrogen-bond donors (Lipinski definition) is 3. The van der Waals surface area contributed by atoms with Crippen LogP contribution in [0.5, 0.6) is 0 Å². The fourth-order valence-corrected chi connectivity index (χ4v) is 6.43. The number of hydrogen-bond acceptors (Lipinski definition) is 6. The average molecular weight is 565 g/mol. The minimum Gasteiger partial charge on any atom is -0.399 e. The standard InChI is InChI=1S/C28H22ClFN4O4S/c29-19-6-2-18(3-7-19)15-33-27(36)23-16-32-25-22(26(23)35)12-20(30)13-24(25)39(37,38)28(10-1-11-34-28)14-17-4-8-21(31)9-5-17/h1-13,16H,14-15,31H2,(H,32,35)(H,33,36). The van der Waals surface area contributed by atoms with Gasteiger partial charge in [0.15, 0.2) is 4.87 Å². The number of nitrogens with two attached hydrogens (primary N) is 1. The van der Waals surface area contributed by atoms with Crippen LogP contribution >= 0.6 is 11.6 Å². The van der Waals surface area contributed by atoms with Crippen LogP contribution in [0, 0.1) is 5.82 Å². The third-order valence-electron chi connectivity index (χ3n) is 6.46. The molecule has 0 saturated carbocycles. The molecule has 1 aromatic heterocycles. The van der Waals surface area contributed by atoms with Crippen LogP contribution in [0.4, 0.5) is 10.1 Å². The van der Waals surface area contributed by atoms with Gasteiger partial charge in [0.1, 0.15) is 11.4 Å². The van der Waals surface area contributed by atoms with Crippen molar-refractivity contribution in [2.24, 2.45) is 4.99 Å². The number of aromatic amines is 1. The van der Waals surface area contributed by atoms with Crippen molar-refractivity contribution in [3.05, 3.63) is 117 Å². The number of carbonyl (C=O) groups is 1. The maximum atomic E-state index is 14.8. The molecular weight excluding hydrogens is 543 g/mol. The van der Waals surface area contributed by atoms with Crippen molar-refractivity contribution in [2.75, 3.05) is 5.73 Å². The third-order valence-corrected chi connectivity index (χ3v) is 8.93. The van der Waals surface area contributed by atoms with Gasteiger partial charge in [-0.1, -0.05) is 35.9 Å². The smallest absolute Gasteiger partial charge is 0.257 e. The Kier molecular flexibility index (Phi) is 6.83. The van der Waals surface area contributed by atoms with Crippen molar-refractivity contribution in [2.45, 2.75) is 22.7 Å². The van der Waals surface area contributed by atoms with Crippen LogP contribution in [-0.2, 0) is 22.8 Å². The Labute approximate surface area is 228 Å². The lowest BCUT2D eigenvalue weighted by molar-refractivity contribution is 0.0949. The van der Waals surface area contributed by atoms with E-state index in [4.69, 9.17) is 17.3 Å². The summed E-state index contributed by atoms with van der Waals surface area (Å²) in [4.78, 5) is 30.9. The number of fused-ring (bicyclic) bond motifs is 1. The first kappa shape index (κ1) is 26.3. The Morgan fingerprint density at radius 1 is 1.08 bits per heavy atom. The van der Waals surface area contributed by atoms with Gasteiger partial charge in [0.05, 0.1) is 15.8 Å². The number of amides is 1. The number of sulfone groups is 1. The number of rotatable bonds is 7. The molecule has 4 N–H and O–H groups in total. The highest BCUT2D eigenvalue weighted by molar-refractivity contribution is 7.93. The van der Waals surface area contributed by atoms with Crippen LogP contribution in [0.25, 0.3) is 10.9 Å². The van der Waals surface area contributed by atoms with Gasteiger partial charge in [-0.05, 0) is 59.7 Å². The second kappa shape index (κ2) is 10.1. The van der Waals surface area contributed by atoms with E-state index in [1.54, 1.807) is 48.5 Å². The summed E-state index contributed by atoms with van der Waals surface area (Å²) in [7, 11) is -4.39. The molecule has 0 fully saturated rings. The molecule has 0 radical (unpaired) electrons. The summed E-state index contributed by atoms with van der Waals surface area (Å²) in [6.07, 6.45) is 5.37. The summed E-state index contributed by atoms with van der Waals surface area (Å²) in [6, 6.07) is 15.2. The zero-order valence-electron chi connectivity index (χ0n) is 20.3. The van der Waals surface area contributed by atoms with E-state index in [2.05, 4.69) is 15.3 Å². The molecule has 2 heterocycles. The fourth-order valence-electron chi connectivity index (χ4n) is 4.41. The van der Waals surface area contributed by atoms with E-state index in [0.29, 0.717) is 16.3 Å². The molecule has 5 rings (SSSR count). The molecular formula is C28H22ClFN4O4S. The van der Waals surface area contributed by atoms with Crippen molar-refractivity contribution in [3.8, 4) is 0 Å². The highest BCUT2D eigenvalue weighted by Gasteiger charge is 2.45. The van der Waals surface area contributed by atoms with Crippen LogP contribution in [0.2, 0.25) is 5.02 Å². The van der Waals surface area contributed by atoms with Gasteiger partial charge in [0, 0.05) is 36.1 Å². The Hall–Kier alpha value is -4.28. The molecule has 4 aromatic rings. The van der Waals surface area contributed by atoms with Gasteiger partial charge in [-0.25, -0.2) is 12.8 Å². The van der Waals surface area contributed by atoms with E-state index >= 15 is 0 Å². The van der Waals surface area contributed by atoms with Crippen molar-refractivity contribution in [1.82, 2.24) is 10.3 Å². The topological polar surface area (TPSA) is 134 Å². The second-order valence-electron chi connectivity index (χ2n) is 9.07. The SMILES string of the molecule is Nc1ccc(CC2(S(=O)(=O)c3cc(F)cc4c(=O)c(C(=O)NCc5ccc(Cl)cc5)c[nH]c34)C=CC=N2)cc1. The minimum atomic E-state index is -4.39. The number of nitrogen functional groups attached to an aromatic ring is 1. The Morgan fingerprint density at radius 3 is 2.44 bits per heavy atom. The summed E-state index contributed by atoms with van der Waals surface area (Å²) in [6.45, 7) is 0.119. The van der Waals surface area contributed by atoms with Gasteiger partial charge < -0.3 is 16.0 Å². The Morgan fingerprint density at radius 2 is 1.77 bits per heavy atom. The van der Waals surface area contributed by atoms with Gasteiger partial charge in [-0.15, -0.1) is 0 Å². The highest BCUT2D eigenvalue weighted by atomic mass is 35.5. The van der Waals surface area contributed by atoms with E-state index in [9.17, 15) is 22.4 Å². The Bertz CT molecular complexity index is 1800. The van der Waals surface area contributed by atoms with Crippen LogP contribution < -0.4 is 16.5 Å². The molecule has 1 atom stereocenters. The number of carbonyl (C=O) groups excluding carboxylic acids is 1. The van der Waals surface area contributed by atoms with E-state index in [1.165, 1.54) is 18.4 Å². The van der Waals surface area contributed by atoms with Gasteiger partial charge >= 0.3 is 0 Å². The predicted molar refractivity (Wildman–Crippen MR) is 149 cm³/mol. The first-order valence-electron chi connectivity index (χ1n) is 11.8. The zero-order chi connectivity index (χ0) is 27.8. The normalized spacial score (nSPS) is 16.6. The van der Waals surface area contributed by atoms with Crippen LogP contribution in [0.15, 0.2) is 93.7 Å². The minimum absolute atomic E-state index is 0.0456. The van der Waals surface area contributed by atoms with Crippen molar-refractivity contribution < 1.29 is 17.6 Å². The zero-order valence-corrected chi connectivity index (χ0v) is 21.9. The predicted octanol–water partition coefficient (Wildman–Crippen LogP) is 4.19. The quantitative estimate of drug-likeness (QED) is 0.289. The van der Waals surface area contributed by atoms with Crippen molar-refractivity contribution in [3.63, 3.8) is 0 Å². The molecule has 11 heteroatoms. The number of nitrogens with one attached hydrogen (secondary N) is 2. The van der Waals surface area contributed by atoms with Crippen LogP contribution in [0.1, 0.15) is 21.5 Å². The first-order valence-corrected chi connectivity index (χ1v) is 13.7. The summed E-state index contributed by atoms with van der Waals surface area (Å²) in [5.41, 5.74) is 6.44. The first-order chi connectivity index (χ1) is 18.6. The molecule has 1 aliphatic rings. The number of H-pyrrole nitrogens is 1. The molecule has 0 spiro atoms. The lowest BCUT2D eigenvalue weighted by Gasteiger charge is -2.25. The molecule has 1 aliphatic heterocycles. The number of allylic oxidation sites excluding steroid dienone is 1. The number of benzene rings is 3. The van der Waals surface area contributed by atoms with Gasteiger partial charge in [0.25, 0.3) is 5.91 Å². The molecule has 3 aromatic carbocycles. The third kappa shape index (κ3) is 4.96. The van der Waals surface area contributed by atoms with Gasteiger partial charge in [-0.2, -0.15) is 0 Å². The summed E-state index contributed by atoms with van der Waals surface area (Å²) >= 11 is 5.88. The number of aromatic nitrogens is 1. The van der Waals surface area contributed by atoms with E-state index in [1.807, 2.05) is 0 Å². The average Bonchev–Trinajstić information content (AvgIpc) is 3.40. The van der Waals surface area contributed by atoms with Crippen LogP contribution in [-0.4, -0.2) is 30.4 Å². The number of anilines is 1. The summed E-state index contributed by atoms with van der Waals surface area (Å²) < 4.78 is 42.9. The van der Waals surface area contributed by atoms with Crippen molar-refractivity contribution in [1.29, 1.82) is 0 Å². The molecule has 0 saturated heterocycles. The number of pyridine rings is 1. The number of halogens is 2. The second-order valence-corrected chi connectivity index (χ2v) is 11.7. The Balaban J connectivity index is 1.54. The molecule has 0 bridgehead atoms. The highest BCUT2D eigenvalue weighted by Crippen LogP contribution is 2.37. The van der Waals surface area contributed by atoms with Crippen molar-refractivity contribution >= 4 is 50.2 Å². The molecule has 1 unspecified atom stereocenters. The summed E-state index contributed by atoms with van der Waals surface area (Å²) in [5, 5.41) is 2.89. The maximum absolute atomic E-state index is 14.8. The summed E-state index contributed by atoms with van der Waals surface area (Å²) in [5.74, 6) is -1.65. The largest absolute Gasteiger partial charge is 0.399 e. The monoisotopic (exact) mass is 564 g/mol. The fraction of sp³-hybridized carbons (Fsp3) is 0.107. The maximum Gasteiger partial charge on any atom is 0.257 e. The molecule has 0 aliphatic carbocycles. The number of nitrogens with zero attached hydrogens (tertiary/aromatic N) is 1. The van der Waals surface area contributed by atoms with E-state index in [-0.39, 0.29) is 29.4 Å². The number of aliphatic imine (C=N–C) groups is 1. The van der Waals surface area contributed by atoms with E-state index in [0.717, 1.165) is 23.9 Å². The van der Waals surface area contributed by atoms with Gasteiger partial charge in [0.2, 0.25) is 15.3 Å². The molecule has 1 amide bonds. The van der Waals surface area contributed by atoms with Gasteiger partial charge in [-0.3, -0.25) is 14.6 Å². The molecule has 39 heavy (non-hydrogen) atoms. The van der Waals surface area contributed by atoms with Crippen LogP contribution in [0.3, 0.4) is 0 Å². The lowest BCUT2D eigenvalue weighted by Crippen LogP contribution is -2.36. The molecule has 198 valence electrons.